The SMILES string of the molecule is CN1CC(c2ccccc2)C(C(O)c2cccc(O)c2)C1=O. The smallest absolute Gasteiger partial charge is 0.229 e. The third-order valence-electron chi connectivity index (χ3n) is 4.35. The quantitative estimate of drug-likeness (QED) is 0.914. The Hall–Kier alpha value is -2.33. The topological polar surface area (TPSA) is 60.8 Å². The Balaban J connectivity index is 1.96. The molecule has 4 heteroatoms. The molecule has 1 fully saturated rings. The van der Waals surface area contributed by atoms with Gasteiger partial charge in [0, 0.05) is 19.5 Å². The summed E-state index contributed by atoms with van der Waals surface area (Å²) in [6.07, 6.45) is -0.935. The van der Waals surface area contributed by atoms with E-state index in [0.29, 0.717) is 12.1 Å². The van der Waals surface area contributed by atoms with Crippen LogP contribution in [-0.2, 0) is 4.79 Å². The van der Waals surface area contributed by atoms with E-state index < -0.39 is 12.0 Å². The number of benzene rings is 2. The summed E-state index contributed by atoms with van der Waals surface area (Å²) in [7, 11) is 1.76. The van der Waals surface area contributed by atoms with Crippen molar-refractivity contribution >= 4 is 5.91 Å². The fourth-order valence-electron chi connectivity index (χ4n) is 3.21. The molecule has 3 rings (SSSR count). The molecule has 3 unspecified atom stereocenters. The second-order valence-electron chi connectivity index (χ2n) is 5.80. The summed E-state index contributed by atoms with van der Waals surface area (Å²) < 4.78 is 0. The molecule has 1 heterocycles. The first-order chi connectivity index (χ1) is 10.6. The van der Waals surface area contributed by atoms with E-state index in [9.17, 15) is 15.0 Å². The normalized spacial score (nSPS) is 22.8. The first-order valence-corrected chi connectivity index (χ1v) is 7.35. The Morgan fingerprint density at radius 2 is 1.86 bits per heavy atom. The lowest BCUT2D eigenvalue weighted by molar-refractivity contribution is -0.133. The molecule has 0 radical (unpaired) electrons. The number of phenolic OH excluding ortho intramolecular Hbond substituents is 1. The highest BCUT2D eigenvalue weighted by Gasteiger charge is 2.44. The number of nitrogens with zero attached hydrogens (tertiary/aromatic N) is 1. The van der Waals surface area contributed by atoms with E-state index in [1.54, 1.807) is 30.1 Å². The molecule has 0 saturated carbocycles. The van der Waals surface area contributed by atoms with Crippen molar-refractivity contribution in [1.82, 2.24) is 4.90 Å². The maximum Gasteiger partial charge on any atom is 0.229 e. The molecule has 3 atom stereocenters. The number of aliphatic hydroxyl groups excluding tert-OH is 1. The molecule has 114 valence electrons. The monoisotopic (exact) mass is 297 g/mol. The molecular formula is C18H19NO3. The molecule has 0 bridgehead atoms. The van der Waals surface area contributed by atoms with Crippen LogP contribution >= 0.6 is 0 Å². The van der Waals surface area contributed by atoms with E-state index in [-0.39, 0.29) is 17.6 Å². The number of likely N-dealkylation sites (N-methyl/N-ethyl adjacent to an activating group) is 1. The van der Waals surface area contributed by atoms with Gasteiger partial charge in [0.1, 0.15) is 5.75 Å². The highest BCUT2D eigenvalue weighted by Crippen LogP contribution is 2.41. The van der Waals surface area contributed by atoms with E-state index in [1.165, 1.54) is 6.07 Å². The summed E-state index contributed by atoms with van der Waals surface area (Å²) >= 11 is 0. The molecule has 0 aromatic heterocycles. The van der Waals surface area contributed by atoms with E-state index in [4.69, 9.17) is 0 Å². The van der Waals surface area contributed by atoms with Gasteiger partial charge in [-0.15, -0.1) is 0 Å². The van der Waals surface area contributed by atoms with Crippen LogP contribution in [0.3, 0.4) is 0 Å². The van der Waals surface area contributed by atoms with Crippen LogP contribution in [-0.4, -0.2) is 34.6 Å². The van der Waals surface area contributed by atoms with Crippen molar-refractivity contribution in [1.29, 1.82) is 0 Å². The molecule has 4 nitrogen and oxygen atoms in total. The number of carbonyl (C=O) groups is 1. The number of rotatable bonds is 3. The Kier molecular flexibility index (Phi) is 3.86. The van der Waals surface area contributed by atoms with E-state index in [0.717, 1.165) is 5.56 Å². The zero-order valence-corrected chi connectivity index (χ0v) is 12.4. The molecule has 1 aliphatic rings. The predicted octanol–water partition coefficient (Wildman–Crippen LogP) is 2.30. The van der Waals surface area contributed by atoms with Gasteiger partial charge >= 0.3 is 0 Å². The van der Waals surface area contributed by atoms with Crippen LogP contribution in [0.25, 0.3) is 0 Å². The van der Waals surface area contributed by atoms with Crippen LogP contribution in [0.5, 0.6) is 5.75 Å². The van der Waals surface area contributed by atoms with Crippen LogP contribution in [0.4, 0.5) is 0 Å². The van der Waals surface area contributed by atoms with Gasteiger partial charge in [0.05, 0.1) is 12.0 Å². The second-order valence-corrected chi connectivity index (χ2v) is 5.80. The van der Waals surface area contributed by atoms with Gasteiger partial charge in [0.2, 0.25) is 5.91 Å². The summed E-state index contributed by atoms with van der Waals surface area (Å²) in [5.41, 5.74) is 1.61. The van der Waals surface area contributed by atoms with Crippen molar-refractivity contribution in [3.63, 3.8) is 0 Å². The lowest BCUT2D eigenvalue weighted by Crippen LogP contribution is -2.27. The molecule has 2 N–H and O–H groups in total. The third-order valence-corrected chi connectivity index (χ3v) is 4.35. The van der Waals surface area contributed by atoms with E-state index >= 15 is 0 Å². The van der Waals surface area contributed by atoms with Gasteiger partial charge in [-0.2, -0.15) is 0 Å². The molecule has 22 heavy (non-hydrogen) atoms. The van der Waals surface area contributed by atoms with E-state index in [2.05, 4.69) is 0 Å². The molecular weight excluding hydrogens is 278 g/mol. The molecule has 1 amide bonds. The van der Waals surface area contributed by atoms with Crippen LogP contribution in [0.15, 0.2) is 54.6 Å². The van der Waals surface area contributed by atoms with Gasteiger partial charge in [-0.3, -0.25) is 4.79 Å². The summed E-state index contributed by atoms with van der Waals surface area (Å²) in [4.78, 5) is 14.2. The Labute approximate surface area is 129 Å². The number of aromatic hydroxyl groups is 1. The van der Waals surface area contributed by atoms with Gasteiger partial charge in [-0.1, -0.05) is 42.5 Å². The largest absolute Gasteiger partial charge is 0.508 e. The highest BCUT2D eigenvalue weighted by molar-refractivity contribution is 5.83. The van der Waals surface area contributed by atoms with Crippen molar-refractivity contribution in [2.75, 3.05) is 13.6 Å². The minimum absolute atomic E-state index is 0.0592. The predicted molar refractivity (Wildman–Crippen MR) is 83.4 cm³/mol. The number of aliphatic hydroxyl groups is 1. The van der Waals surface area contributed by atoms with Crippen molar-refractivity contribution in [2.24, 2.45) is 5.92 Å². The van der Waals surface area contributed by atoms with Crippen molar-refractivity contribution in [2.45, 2.75) is 12.0 Å². The minimum atomic E-state index is -0.935. The summed E-state index contributed by atoms with van der Waals surface area (Å²) in [6.45, 7) is 0.587. The van der Waals surface area contributed by atoms with Crippen LogP contribution in [0.1, 0.15) is 23.1 Å². The summed E-state index contributed by atoms with van der Waals surface area (Å²) in [5.74, 6) is -0.568. The first-order valence-electron chi connectivity index (χ1n) is 7.35. The molecule has 2 aromatic rings. The van der Waals surface area contributed by atoms with Crippen molar-refractivity contribution in [3.8, 4) is 5.75 Å². The summed E-state index contributed by atoms with van der Waals surface area (Å²) in [5, 5.41) is 20.3. The average Bonchev–Trinajstić information content (AvgIpc) is 2.83. The number of phenols is 1. The highest BCUT2D eigenvalue weighted by atomic mass is 16.3. The molecule has 0 aliphatic carbocycles. The number of carbonyl (C=O) groups excluding carboxylic acids is 1. The zero-order valence-electron chi connectivity index (χ0n) is 12.4. The minimum Gasteiger partial charge on any atom is -0.508 e. The fraction of sp³-hybridized carbons (Fsp3) is 0.278. The number of hydrogen-bond donors (Lipinski definition) is 2. The first kappa shape index (κ1) is 14.6. The standard InChI is InChI=1S/C18H19NO3/c1-19-11-15(12-6-3-2-4-7-12)16(18(19)22)17(21)13-8-5-9-14(20)10-13/h2-10,15-17,20-21H,11H2,1H3. The van der Waals surface area contributed by atoms with Crippen molar-refractivity contribution < 1.29 is 15.0 Å². The molecule has 0 spiro atoms. The Morgan fingerprint density at radius 3 is 2.55 bits per heavy atom. The molecule has 1 aliphatic heterocycles. The lowest BCUT2D eigenvalue weighted by atomic mass is 9.82. The van der Waals surface area contributed by atoms with Gasteiger partial charge < -0.3 is 15.1 Å². The van der Waals surface area contributed by atoms with E-state index in [1.807, 2.05) is 30.3 Å². The van der Waals surface area contributed by atoms with Crippen molar-refractivity contribution in [3.05, 3.63) is 65.7 Å². The van der Waals surface area contributed by atoms with Gasteiger partial charge in [-0.05, 0) is 23.3 Å². The number of hydrogen-bond acceptors (Lipinski definition) is 3. The zero-order chi connectivity index (χ0) is 15.7. The van der Waals surface area contributed by atoms with Crippen LogP contribution in [0, 0.1) is 5.92 Å². The maximum atomic E-state index is 12.5. The van der Waals surface area contributed by atoms with Gasteiger partial charge in [-0.25, -0.2) is 0 Å². The van der Waals surface area contributed by atoms with Gasteiger partial charge in [0.15, 0.2) is 0 Å². The third kappa shape index (κ3) is 2.57. The average molecular weight is 297 g/mol. The lowest BCUT2D eigenvalue weighted by Gasteiger charge is -2.23. The Morgan fingerprint density at radius 1 is 1.14 bits per heavy atom. The van der Waals surface area contributed by atoms with Crippen LogP contribution in [0.2, 0.25) is 0 Å². The summed E-state index contributed by atoms with van der Waals surface area (Å²) in [6, 6.07) is 16.3. The van der Waals surface area contributed by atoms with Crippen LogP contribution < -0.4 is 0 Å². The van der Waals surface area contributed by atoms with Gasteiger partial charge in [0.25, 0.3) is 0 Å². The molecule has 1 saturated heterocycles. The number of likely N-dealkylation sites (tertiary alicyclic amines) is 1. The molecule has 2 aromatic carbocycles. The fourth-order valence-corrected chi connectivity index (χ4v) is 3.21. The Bertz CT molecular complexity index is 671. The number of amides is 1. The second kappa shape index (κ2) is 5.81. The maximum absolute atomic E-state index is 12.5.